The van der Waals surface area contributed by atoms with Gasteiger partial charge in [0.15, 0.2) is 0 Å². The molecule has 1 amide bonds. The van der Waals surface area contributed by atoms with E-state index in [-0.39, 0.29) is 31.4 Å². The lowest BCUT2D eigenvalue weighted by Gasteiger charge is -2.21. The Morgan fingerprint density at radius 2 is 2.00 bits per heavy atom. The molecule has 0 aliphatic heterocycles. The lowest BCUT2D eigenvalue weighted by atomic mass is 9.98. The molecule has 6 nitrogen and oxygen atoms in total. The van der Waals surface area contributed by atoms with Gasteiger partial charge in [0.05, 0.1) is 12.0 Å². The van der Waals surface area contributed by atoms with Crippen molar-refractivity contribution in [2.45, 2.75) is 43.9 Å². The smallest absolute Gasteiger partial charge is 0.389 e. The van der Waals surface area contributed by atoms with Crippen LogP contribution in [-0.4, -0.2) is 39.7 Å². The summed E-state index contributed by atoms with van der Waals surface area (Å²) in [6.07, 6.45) is -0.381. The van der Waals surface area contributed by atoms with E-state index in [0.717, 1.165) is 25.1 Å². The van der Waals surface area contributed by atoms with Gasteiger partial charge in [-0.3, -0.25) is 4.79 Å². The average Bonchev–Trinajstić information content (AvgIpc) is 2.89. The maximum Gasteiger partial charge on any atom is 0.433 e. The summed E-state index contributed by atoms with van der Waals surface area (Å²) in [5.74, 6) is -0.426. The van der Waals surface area contributed by atoms with Gasteiger partial charge < -0.3 is 15.7 Å². The maximum absolute atomic E-state index is 12.5. The first-order valence-corrected chi connectivity index (χ1v) is 7.42. The minimum Gasteiger partial charge on any atom is -0.389 e. The first-order chi connectivity index (χ1) is 10.8. The van der Waals surface area contributed by atoms with Crippen molar-refractivity contribution >= 4 is 11.9 Å². The van der Waals surface area contributed by atoms with E-state index >= 15 is 0 Å². The molecule has 2 rings (SSSR count). The maximum atomic E-state index is 12.5. The van der Waals surface area contributed by atoms with Gasteiger partial charge in [0.25, 0.3) is 0 Å². The highest BCUT2D eigenvalue weighted by atomic mass is 19.4. The Hall–Kier alpha value is -1.90. The van der Waals surface area contributed by atoms with Crippen LogP contribution in [0.2, 0.25) is 0 Å². The molecule has 3 N–H and O–H groups in total. The molecule has 0 bridgehead atoms. The summed E-state index contributed by atoms with van der Waals surface area (Å²) >= 11 is 0. The molecule has 0 aromatic carbocycles. The molecular formula is C14H19F3N4O2. The summed E-state index contributed by atoms with van der Waals surface area (Å²) in [7, 11) is 0. The van der Waals surface area contributed by atoms with E-state index in [1.165, 1.54) is 0 Å². The second-order valence-electron chi connectivity index (χ2n) is 5.65. The number of carbonyl (C=O) groups excluding carboxylic acids is 1. The molecule has 0 unspecified atom stereocenters. The van der Waals surface area contributed by atoms with Gasteiger partial charge >= 0.3 is 6.18 Å². The number of halogens is 3. The first-order valence-electron chi connectivity index (χ1n) is 7.42. The summed E-state index contributed by atoms with van der Waals surface area (Å²) < 4.78 is 37.5. The molecule has 0 radical (unpaired) electrons. The Labute approximate surface area is 131 Å². The highest BCUT2D eigenvalue weighted by molar-refractivity contribution is 5.77. The lowest BCUT2D eigenvalue weighted by Crippen LogP contribution is -2.36. The first kappa shape index (κ1) is 17.5. The predicted molar refractivity (Wildman–Crippen MR) is 76.6 cm³/mol. The van der Waals surface area contributed by atoms with Crippen LogP contribution in [0.3, 0.4) is 0 Å². The van der Waals surface area contributed by atoms with Gasteiger partial charge in [0, 0.05) is 19.3 Å². The van der Waals surface area contributed by atoms with E-state index in [1.807, 2.05) is 0 Å². The average molecular weight is 332 g/mol. The third kappa shape index (κ3) is 5.34. The van der Waals surface area contributed by atoms with Gasteiger partial charge in [-0.15, -0.1) is 0 Å². The molecule has 1 aromatic rings. The monoisotopic (exact) mass is 332 g/mol. The SMILES string of the molecule is O=C(CC1(O)CCCC1)NCCNc1nccc(C(F)(F)F)n1. The van der Waals surface area contributed by atoms with Crippen molar-refractivity contribution in [1.29, 1.82) is 0 Å². The van der Waals surface area contributed by atoms with Gasteiger partial charge in [-0.2, -0.15) is 13.2 Å². The van der Waals surface area contributed by atoms with E-state index in [0.29, 0.717) is 12.8 Å². The Morgan fingerprint density at radius 3 is 2.65 bits per heavy atom. The number of amides is 1. The van der Waals surface area contributed by atoms with Crippen molar-refractivity contribution in [3.05, 3.63) is 18.0 Å². The number of alkyl halides is 3. The number of carbonyl (C=O) groups is 1. The molecular weight excluding hydrogens is 313 g/mol. The van der Waals surface area contributed by atoms with Crippen LogP contribution in [0.15, 0.2) is 12.3 Å². The zero-order valence-corrected chi connectivity index (χ0v) is 12.5. The van der Waals surface area contributed by atoms with Crippen LogP contribution >= 0.6 is 0 Å². The van der Waals surface area contributed by atoms with Crippen molar-refractivity contribution in [3.8, 4) is 0 Å². The van der Waals surface area contributed by atoms with Gasteiger partial charge in [-0.25, -0.2) is 9.97 Å². The molecule has 1 heterocycles. The molecule has 0 atom stereocenters. The Bertz CT molecular complexity index is 545. The fourth-order valence-electron chi connectivity index (χ4n) is 2.55. The molecule has 128 valence electrons. The molecule has 0 spiro atoms. The number of aliphatic hydroxyl groups is 1. The van der Waals surface area contributed by atoms with Crippen LogP contribution in [0.4, 0.5) is 19.1 Å². The van der Waals surface area contributed by atoms with Crippen LogP contribution in [0.25, 0.3) is 0 Å². The summed E-state index contributed by atoms with van der Waals surface area (Å²) in [6.45, 7) is 0.389. The van der Waals surface area contributed by atoms with E-state index < -0.39 is 17.5 Å². The zero-order valence-electron chi connectivity index (χ0n) is 12.5. The standard InChI is InChI=1S/C14H19F3N4O2/c15-14(16,17)10-3-6-19-12(21-10)20-8-7-18-11(22)9-13(23)4-1-2-5-13/h3,6,23H,1-2,4-5,7-9H2,(H,18,22)(H,19,20,21). The largest absolute Gasteiger partial charge is 0.433 e. The number of nitrogens with zero attached hydrogens (tertiary/aromatic N) is 2. The van der Waals surface area contributed by atoms with Crippen molar-refractivity contribution < 1.29 is 23.1 Å². The fraction of sp³-hybridized carbons (Fsp3) is 0.643. The van der Waals surface area contributed by atoms with E-state index in [1.54, 1.807) is 0 Å². The van der Waals surface area contributed by atoms with Gasteiger partial charge in [0.2, 0.25) is 11.9 Å². The summed E-state index contributed by atoms with van der Waals surface area (Å²) in [4.78, 5) is 18.8. The summed E-state index contributed by atoms with van der Waals surface area (Å²) in [6, 6.07) is 0.787. The van der Waals surface area contributed by atoms with Crippen LogP contribution in [-0.2, 0) is 11.0 Å². The molecule has 1 saturated carbocycles. The highest BCUT2D eigenvalue weighted by Crippen LogP contribution is 2.32. The molecule has 0 saturated heterocycles. The molecule has 1 fully saturated rings. The Balaban J connectivity index is 1.72. The number of hydrogen-bond acceptors (Lipinski definition) is 5. The molecule has 23 heavy (non-hydrogen) atoms. The van der Waals surface area contributed by atoms with Crippen LogP contribution in [0.1, 0.15) is 37.8 Å². The number of anilines is 1. The Morgan fingerprint density at radius 1 is 1.30 bits per heavy atom. The van der Waals surface area contributed by atoms with E-state index in [4.69, 9.17) is 0 Å². The number of rotatable bonds is 6. The normalized spacial score (nSPS) is 17.0. The molecule has 1 aliphatic carbocycles. The van der Waals surface area contributed by atoms with Crippen molar-refractivity contribution in [2.24, 2.45) is 0 Å². The quantitative estimate of drug-likeness (QED) is 0.691. The van der Waals surface area contributed by atoms with E-state index in [2.05, 4.69) is 20.6 Å². The molecule has 1 aromatic heterocycles. The third-order valence-corrected chi connectivity index (χ3v) is 3.70. The zero-order chi connectivity index (χ0) is 16.9. The second-order valence-corrected chi connectivity index (χ2v) is 5.65. The van der Waals surface area contributed by atoms with Crippen LogP contribution in [0, 0.1) is 0 Å². The van der Waals surface area contributed by atoms with Crippen molar-refractivity contribution in [3.63, 3.8) is 0 Å². The van der Waals surface area contributed by atoms with E-state index in [9.17, 15) is 23.1 Å². The number of hydrogen-bond donors (Lipinski definition) is 3. The van der Waals surface area contributed by atoms with Crippen molar-refractivity contribution in [1.82, 2.24) is 15.3 Å². The minimum atomic E-state index is -4.52. The van der Waals surface area contributed by atoms with Gasteiger partial charge in [-0.1, -0.05) is 12.8 Å². The van der Waals surface area contributed by atoms with Crippen LogP contribution < -0.4 is 10.6 Å². The molecule has 1 aliphatic rings. The second kappa shape index (κ2) is 7.12. The molecule has 9 heteroatoms. The van der Waals surface area contributed by atoms with Gasteiger partial charge in [0.1, 0.15) is 5.69 Å². The lowest BCUT2D eigenvalue weighted by molar-refractivity contribution is -0.141. The topological polar surface area (TPSA) is 87.1 Å². The Kier molecular flexibility index (Phi) is 5.40. The number of aromatic nitrogens is 2. The summed E-state index contributed by atoms with van der Waals surface area (Å²) in [5, 5.41) is 15.3. The third-order valence-electron chi connectivity index (χ3n) is 3.70. The predicted octanol–water partition coefficient (Wildman–Crippen LogP) is 1.72. The highest BCUT2D eigenvalue weighted by Gasteiger charge is 2.33. The fourth-order valence-corrected chi connectivity index (χ4v) is 2.55. The number of nitrogens with one attached hydrogen (secondary N) is 2. The van der Waals surface area contributed by atoms with Gasteiger partial charge in [-0.05, 0) is 18.9 Å². The minimum absolute atomic E-state index is 0.0487. The van der Waals surface area contributed by atoms with Crippen LogP contribution in [0.5, 0.6) is 0 Å². The summed E-state index contributed by atoms with van der Waals surface area (Å²) in [5.41, 5.74) is -1.94. The van der Waals surface area contributed by atoms with Crippen molar-refractivity contribution in [2.75, 3.05) is 18.4 Å².